The quantitative estimate of drug-likeness (QED) is 0.741. The third-order valence-electron chi connectivity index (χ3n) is 3.63. The van der Waals surface area contributed by atoms with E-state index in [1.165, 1.54) is 4.57 Å². The summed E-state index contributed by atoms with van der Waals surface area (Å²) >= 11 is 0. The zero-order valence-electron chi connectivity index (χ0n) is 13.1. The molecule has 0 amide bonds. The average molecular weight is 324 g/mol. The number of hydrogen-bond acceptors (Lipinski definition) is 5. The summed E-state index contributed by atoms with van der Waals surface area (Å²) in [4.78, 5) is 28.9. The van der Waals surface area contributed by atoms with E-state index in [-0.39, 0.29) is 18.8 Å². The maximum Gasteiger partial charge on any atom is 0.338 e. The van der Waals surface area contributed by atoms with Crippen molar-refractivity contribution in [2.45, 2.75) is 6.92 Å². The first kappa shape index (κ1) is 15.9. The minimum absolute atomic E-state index is 0.0479. The first-order chi connectivity index (χ1) is 11.6. The maximum atomic E-state index is 12.7. The molecule has 0 aliphatic carbocycles. The summed E-state index contributed by atoms with van der Waals surface area (Å²) in [6.07, 6.45) is 0. The molecule has 0 aliphatic heterocycles. The van der Waals surface area contributed by atoms with Gasteiger partial charge in [-0.15, -0.1) is 0 Å². The second-order valence-corrected chi connectivity index (χ2v) is 5.22. The number of nitrogens with zero attached hydrogens (tertiary/aromatic N) is 2. The lowest BCUT2D eigenvalue weighted by Gasteiger charge is -2.11. The van der Waals surface area contributed by atoms with Crippen LogP contribution in [0.5, 0.6) is 0 Å². The molecule has 3 aromatic rings. The molecule has 3 rings (SSSR count). The Morgan fingerprint density at radius 2 is 1.88 bits per heavy atom. The average Bonchev–Trinajstić information content (AvgIpc) is 2.60. The van der Waals surface area contributed by atoms with E-state index in [2.05, 4.69) is 4.98 Å². The standard InChI is InChI=1S/C18H16N2O4/c1-12-19-16-5-3-2-4-15(16)17(22)20(12)14-8-6-13(7-9-14)18(23)24-11-10-21/h2-9,21H,10-11H2,1H3. The zero-order chi connectivity index (χ0) is 17.1. The van der Waals surface area contributed by atoms with Gasteiger partial charge in [0, 0.05) is 0 Å². The number of carbonyl (C=O) groups is 1. The molecule has 0 bridgehead atoms. The molecular formula is C18H16N2O4. The number of aryl methyl sites for hydroxylation is 1. The van der Waals surface area contributed by atoms with Gasteiger partial charge in [0.15, 0.2) is 0 Å². The van der Waals surface area contributed by atoms with Crippen molar-refractivity contribution in [1.82, 2.24) is 9.55 Å². The lowest BCUT2D eigenvalue weighted by atomic mass is 10.2. The van der Waals surface area contributed by atoms with Crippen LogP contribution in [0.4, 0.5) is 0 Å². The van der Waals surface area contributed by atoms with E-state index in [0.717, 1.165) is 0 Å². The highest BCUT2D eigenvalue weighted by Crippen LogP contribution is 2.14. The van der Waals surface area contributed by atoms with Crippen molar-refractivity contribution < 1.29 is 14.6 Å². The third kappa shape index (κ3) is 2.91. The van der Waals surface area contributed by atoms with Crippen molar-refractivity contribution in [1.29, 1.82) is 0 Å². The normalized spacial score (nSPS) is 10.8. The first-order valence-corrected chi connectivity index (χ1v) is 7.48. The van der Waals surface area contributed by atoms with Crippen LogP contribution in [0.2, 0.25) is 0 Å². The molecule has 1 aromatic heterocycles. The van der Waals surface area contributed by atoms with E-state index in [0.29, 0.717) is 28.0 Å². The van der Waals surface area contributed by atoms with Crippen molar-refractivity contribution >= 4 is 16.9 Å². The van der Waals surface area contributed by atoms with Crippen molar-refractivity contribution in [2.75, 3.05) is 13.2 Å². The molecule has 0 unspecified atom stereocenters. The molecule has 0 fully saturated rings. The summed E-state index contributed by atoms with van der Waals surface area (Å²) in [5, 5.41) is 9.22. The fourth-order valence-corrected chi connectivity index (χ4v) is 2.52. The molecule has 0 saturated carbocycles. The van der Waals surface area contributed by atoms with E-state index in [4.69, 9.17) is 9.84 Å². The van der Waals surface area contributed by atoms with Gasteiger partial charge in [-0.1, -0.05) is 12.1 Å². The third-order valence-corrected chi connectivity index (χ3v) is 3.63. The van der Waals surface area contributed by atoms with E-state index < -0.39 is 5.97 Å². The number of aliphatic hydroxyl groups is 1. The summed E-state index contributed by atoms with van der Waals surface area (Å²) in [5.41, 5.74) is 1.47. The number of aromatic nitrogens is 2. The van der Waals surface area contributed by atoms with E-state index >= 15 is 0 Å². The SMILES string of the molecule is Cc1nc2ccccc2c(=O)n1-c1ccc(C(=O)OCCO)cc1. The number of para-hydroxylation sites is 1. The van der Waals surface area contributed by atoms with Crippen LogP contribution in [0.3, 0.4) is 0 Å². The van der Waals surface area contributed by atoms with Gasteiger partial charge in [0.2, 0.25) is 0 Å². The molecule has 0 saturated heterocycles. The van der Waals surface area contributed by atoms with Gasteiger partial charge in [0.25, 0.3) is 5.56 Å². The summed E-state index contributed by atoms with van der Waals surface area (Å²) in [5.74, 6) is 0.0469. The largest absolute Gasteiger partial charge is 0.460 e. The molecule has 0 atom stereocenters. The van der Waals surface area contributed by atoms with Crippen LogP contribution < -0.4 is 5.56 Å². The highest BCUT2D eigenvalue weighted by molar-refractivity contribution is 5.89. The van der Waals surface area contributed by atoms with Crippen molar-refractivity contribution in [2.24, 2.45) is 0 Å². The van der Waals surface area contributed by atoms with E-state index in [1.807, 2.05) is 6.07 Å². The summed E-state index contributed by atoms with van der Waals surface area (Å²) in [6.45, 7) is 1.49. The molecule has 122 valence electrons. The predicted molar refractivity (Wildman–Crippen MR) is 89.4 cm³/mol. The van der Waals surface area contributed by atoms with Crippen LogP contribution in [0, 0.1) is 6.92 Å². The van der Waals surface area contributed by atoms with Gasteiger partial charge in [0.1, 0.15) is 12.4 Å². The Balaban J connectivity index is 2.02. The summed E-state index contributed by atoms with van der Waals surface area (Å²) in [7, 11) is 0. The van der Waals surface area contributed by atoms with Crippen LogP contribution in [0.25, 0.3) is 16.6 Å². The van der Waals surface area contributed by atoms with Crippen LogP contribution in [-0.2, 0) is 4.74 Å². The zero-order valence-corrected chi connectivity index (χ0v) is 13.1. The number of carbonyl (C=O) groups excluding carboxylic acids is 1. The molecule has 1 heterocycles. The lowest BCUT2D eigenvalue weighted by molar-refractivity contribution is 0.0434. The Labute approximate surface area is 138 Å². The number of benzene rings is 2. The van der Waals surface area contributed by atoms with Crippen LogP contribution in [0.15, 0.2) is 53.3 Å². The fourth-order valence-electron chi connectivity index (χ4n) is 2.52. The Hall–Kier alpha value is -2.99. The molecule has 0 spiro atoms. The van der Waals surface area contributed by atoms with Gasteiger partial charge >= 0.3 is 5.97 Å². The first-order valence-electron chi connectivity index (χ1n) is 7.48. The fraction of sp³-hybridized carbons (Fsp3) is 0.167. The topological polar surface area (TPSA) is 81.4 Å². The molecule has 2 aromatic carbocycles. The monoisotopic (exact) mass is 324 g/mol. The number of hydrogen-bond donors (Lipinski definition) is 1. The van der Waals surface area contributed by atoms with Gasteiger partial charge < -0.3 is 9.84 Å². The Morgan fingerprint density at radius 3 is 2.58 bits per heavy atom. The van der Waals surface area contributed by atoms with Crippen molar-refractivity contribution in [3.63, 3.8) is 0 Å². The van der Waals surface area contributed by atoms with Gasteiger partial charge in [-0.25, -0.2) is 9.78 Å². The maximum absolute atomic E-state index is 12.7. The van der Waals surface area contributed by atoms with Crippen LogP contribution in [0.1, 0.15) is 16.2 Å². The molecular weight excluding hydrogens is 308 g/mol. The number of ether oxygens (including phenoxy) is 1. The minimum atomic E-state index is -0.517. The highest BCUT2D eigenvalue weighted by atomic mass is 16.5. The number of fused-ring (bicyclic) bond motifs is 1. The molecule has 0 aliphatic rings. The van der Waals surface area contributed by atoms with Crippen LogP contribution >= 0.6 is 0 Å². The second kappa shape index (κ2) is 6.64. The van der Waals surface area contributed by atoms with Gasteiger partial charge in [-0.3, -0.25) is 9.36 Å². The smallest absolute Gasteiger partial charge is 0.338 e. The van der Waals surface area contributed by atoms with Crippen LogP contribution in [-0.4, -0.2) is 33.8 Å². The minimum Gasteiger partial charge on any atom is -0.460 e. The highest BCUT2D eigenvalue weighted by Gasteiger charge is 2.11. The lowest BCUT2D eigenvalue weighted by Crippen LogP contribution is -2.22. The number of rotatable bonds is 4. The number of esters is 1. The van der Waals surface area contributed by atoms with E-state index in [9.17, 15) is 9.59 Å². The van der Waals surface area contributed by atoms with Crippen molar-refractivity contribution in [3.8, 4) is 5.69 Å². The summed E-state index contributed by atoms with van der Waals surface area (Å²) in [6, 6.07) is 13.7. The van der Waals surface area contributed by atoms with Gasteiger partial charge in [0.05, 0.1) is 28.8 Å². The van der Waals surface area contributed by atoms with E-state index in [1.54, 1.807) is 49.4 Å². The Morgan fingerprint density at radius 1 is 1.17 bits per heavy atom. The Bertz CT molecular complexity index is 945. The Kier molecular flexibility index (Phi) is 4.39. The van der Waals surface area contributed by atoms with Crippen molar-refractivity contribution in [3.05, 3.63) is 70.3 Å². The van der Waals surface area contributed by atoms with Gasteiger partial charge in [-0.2, -0.15) is 0 Å². The predicted octanol–water partition coefficient (Wildman–Crippen LogP) is 1.84. The summed E-state index contributed by atoms with van der Waals surface area (Å²) < 4.78 is 6.36. The molecule has 6 heteroatoms. The molecule has 6 nitrogen and oxygen atoms in total. The molecule has 0 radical (unpaired) electrons. The molecule has 24 heavy (non-hydrogen) atoms. The van der Waals surface area contributed by atoms with Gasteiger partial charge in [-0.05, 0) is 43.3 Å². The molecule has 1 N–H and O–H groups in total. The second-order valence-electron chi connectivity index (χ2n) is 5.22. The number of aliphatic hydroxyl groups excluding tert-OH is 1.